The van der Waals surface area contributed by atoms with Crippen LogP contribution < -0.4 is 0 Å². The number of hydrogen-bond donors (Lipinski definition) is 0. The van der Waals surface area contributed by atoms with Gasteiger partial charge in [0.15, 0.2) is 0 Å². The summed E-state index contributed by atoms with van der Waals surface area (Å²) in [4.78, 5) is 16.5. The third kappa shape index (κ3) is 8.83. The van der Waals surface area contributed by atoms with Gasteiger partial charge in [-0.05, 0) is 97.2 Å². The molecule has 0 aliphatic rings. The molecule has 0 aromatic carbocycles. The van der Waals surface area contributed by atoms with E-state index < -0.39 is 0 Å². The number of nitrogens with zero attached hydrogens (tertiary/aromatic N) is 4. The first-order valence-corrected chi connectivity index (χ1v) is 23.6. The summed E-state index contributed by atoms with van der Waals surface area (Å²) in [7, 11) is 0. The molecule has 0 aliphatic heterocycles. The van der Waals surface area contributed by atoms with Crippen LogP contribution in [0.3, 0.4) is 0 Å². The number of thiophene rings is 6. The van der Waals surface area contributed by atoms with Crippen LogP contribution in [-0.4, -0.2) is 0 Å². The molecular weight excluding hydrogens is 777 g/mol. The van der Waals surface area contributed by atoms with Crippen LogP contribution in [0.2, 0.25) is 0 Å². The lowest BCUT2D eigenvalue weighted by Gasteiger charge is -2.14. The van der Waals surface area contributed by atoms with Gasteiger partial charge >= 0.3 is 0 Å². The van der Waals surface area contributed by atoms with E-state index >= 15 is 0 Å². The Labute approximate surface area is 343 Å². The van der Waals surface area contributed by atoms with Gasteiger partial charge in [-0.1, -0.05) is 66.2 Å². The normalized spacial score (nSPS) is 13.2. The van der Waals surface area contributed by atoms with Crippen molar-refractivity contribution in [3.63, 3.8) is 0 Å². The highest BCUT2D eigenvalue weighted by molar-refractivity contribution is 7.36. The summed E-state index contributed by atoms with van der Waals surface area (Å²) in [6.07, 6.45) is 15.1. The molecule has 0 radical (unpaired) electrons. The summed E-state index contributed by atoms with van der Waals surface area (Å²) >= 11 is 10.8. The molecule has 0 fully saturated rings. The molecule has 0 amide bonds. The molecule has 274 valence electrons. The van der Waals surface area contributed by atoms with Crippen LogP contribution in [0.5, 0.6) is 0 Å². The summed E-state index contributed by atoms with van der Waals surface area (Å²) in [5.41, 5.74) is 2.84. The van der Waals surface area contributed by atoms with E-state index in [-0.39, 0.29) is 11.4 Å². The molecule has 6 heterocycles. The van der Waals surface area contributed by atoms with Crippen LogP contribution in [0.25, 0.3) is 69.9 Å². The maximum Gasteiger partial charge on any atom is 0.263 e. The number of hydrogen-bond acceptors (Lipinski definition) is 8. The molecular formula is C44H42N4S6. The molecule has 2 unspecified atom stereocenters. The minimum atomic E-state index is 0.142. The summed E-state index contributed by atoms with van der Waals surface area (Å²) in [6.45, 7) is 23.9. The van der Waals surface area contributed by atoms with Crippen molar-refractivity contribution < 1.29 is 0 Å². The maximum atomic E-state index is 9.53. The van der Waals surface area contributed by atoms with E-state index in [4.69, 9.17) is 13.1 Å². The molecule has 10 heteroatoms. The summed E-state index contributed by atoms with van der Waals surface area (Å²) in [5, 5.41) is 19.1. The van der Waals surface area contributed by atoms with Crippen molar-refractivity contribution >= 4 is 99.0 Å². The Morgan fingerprint density at radius 3 is 1.17 bits per heavy atom. The molecule has 2 atom stereocenters. The molecule has 4 nitrogen and oxygen atoms in total. The maximum absolute atomic E-state index is 9.53. The van der Waals surface area contributed by atoms with Crippen molar-refractivity contribution in [2.75, 3.05) is 0 Å². The van der Waals surface area contributed by atoms with Gasteiger partial charge in [-0.2, -0.15) is 0 Å². The number of unbranched alkanes of at least 4 members (excludes halogenated alkanes) is 4. The number of fused-ring (bicyclic) bond motifs is 2. The van der Waals surface area contributed by atoms with E-state index in [0.29, 0.717) is 11.8 Å². The Kier molecular flexibility index (Phi) is 13.8. The third-order valence-corrected chi connectivity index (χ3v) is 17.3. The summed E-state index contributed by atoms with van der Waals surface area (Å²) in [5.74, 6) is 0.843. The van der Waals surface area contributed by atoms with Crippen molar-refractivity contribution in [3.05, 3.63) is 91.5 Å². The van der Waals surface area contributed by atoms with E-state index in [1.807, 2.05) is 45.3 Å². The van der Waals surface area contributed by atoms with Crippen LogP contribution in [-0.2, 0) is 0 Å². The first kappa shape index (κ1) is 39.8. The predicted molar refractivity (Wildman–Crippen MR) is 240 cm³/mol. The lowest BCUT2D eigenvalue weighted by molar-refractivity contribution is 0.554. The van der Waals surface area contributed by atoms with Crippen molar-refractivity contribution in [2.45, 2.75) is 104 Å². The van der Waals surface area contributed by atoms with Crippen LogP contribution in [0.4, 0.5) is 0 Å². The largest absolute Gasteiger partial charge is 0.263 e. The lowest BCUT2D eigenvalue weighted by atomic mass is 9.90. The average molecular weight is 819 g/mol. The Bertz CT molecular complexity index is 2210. The van der Waals surface area contributed by atoms with Crippen LogP contribution >= 0.6 is 68.0 Å². The lowest BCUT2D eigenvalue weighted by Crippen LogP contribution is -1.97. The zero-order valence-corrected chi connectivity index (χ0v) is 36.0. The quantitative estimate of drug-likeness (QED) is 0.0523. The fourth-order valence-corrected chi connectivity index (χ4v) is 14.3. The van der Waals surface area contributed by atoms with Gasteiger partial charge in [-0.3, -0.25) is 0 Å². The smallest absolute Gasteiger partial charge is 0.227 e. The van der Waals surface area contributed by atoms with Gasteiger partial charge in [-0.15, -0.1) is 68.0 Å². The highest BCUT2D eigenvalue weighted by Crippen LogP contribution is 2.50. The highest BCUT2D eigenvalue weighted by atomic mass is 32.1. The topological polar surface area (TPSA) is 56.3 Å². The molecule has 0 N–H and O–H groups in total. The Morgan fingerprint density at radius 2 is 0.889 bits per heavy atom. The van der Waals surface area contributed by atoms with E-state index in [2.05, 4.69) is 85.9 Å². The SMILES string of the molecule is [C-]#[N+]/C(C#N)=C\c1sc(-c2cc3sc(-c4cc5sc(-c6cc(C(CC)CCCCC)c(/C=C(\C#N)[N+]#[C-])s6)cc5s4)cc3s2)cc1C(CC)CCCCC. The van der Waals surface area contributed by atoms with Crippen LogP contribution in [0.1, 0.15) is 125 Å². The van der Waals surface area contributed by atoms with Crippen molar-refractivity contribution in [1.29, 1.82) is 10.5 Å². The second-order valence-electron chi connectivity index (χ2n) is 13.5. The second-order valence-corrected chi connectivity index (χ2v) is 20.0. The molecule has 0 bridgehead atoms. The molecule has 0 saturated carbocycles. The van der Waals surface area contributed by atoms with Crippen LogP contribution in [0, 0.1) is 35.8 Å². The summed E-state index contributed by atoms with van der Waals surface area (Å²) < 4.78 is 5.15. The predicted octanol–water partition coefficient (Wildman–Crippen LogP) is 17.1. The van der Waals surface area contributed by atoms with Crippen molar-refractivity contribution in [2.24, 2.45) is 0 Å². The van der Waals surface area contributed by atoms with Crippen molar-refractivity contribution in [3.8, 4) is 41.4 Å². The second kappa shape index (κ2) is 18.7. The van der Waals surface area contributed by atoms with Gasteiger partial charge in [0.05, 0.1) is 25.3 Å². The first-order chi connectivity index (χ1) is 26.4. The Balaban J connectivity index is 1.27. The average Bonchev–Trinajstić information content (AvgIpc) is 4.03. The van der Waals surface area contributed by atoms with Gasteiger partial charge in [0, 0.05) is 57.8 Å². The van der Waals surface area contributed by atoms with E-state index in [1.165, 1.54) is 97.7 Å². The molecule has 6 rings (SSSR count). The highest BCUT2D eigenvalue weighted by Gasteiger charge is 2.22. The zero-order valence-electron chi connectivity index (χ0n) is 31.1. The molecule has 6 aromatic rings. The van der Waals surface area contributed by atoms with Gasteiger partial charge in [0.25, 0.3) is 11.4 Å². The third-order valence-electron chi connectivity index (χ3n) is 9.91. The molecule has 0 aliphatic carbocycles. The van der Waals surface area contributed by atoms with Gasteiger partial charge in [-0.25, -0.2) is 20.2 Å². The first-order valence-electron chi connectivity index (χ1n) is 18.7. The monoisotopic (exact) mass is 818 g/mol. The van der Waals surface area contributed by atoms with Crippen LogP contribution in [0.15, 0.2) is 47.8 Å². The van der Waals surface area contributed by atoms with Crippen molar-refractivity contribution in [1.82, 2.24) is 0 Å². The van der Waals surface area contributed by atoms with Gasteiger partial charge in [0.1, 0.15) is 0 Å². The van der Waals surface area contributed by atoms with E-state index in [0.717, 1.165) is 35.4 Å². The Morgan fingerprint density at radius 1 is 0.556 bits per heavy atom. The standard InChI is InChI=1S/C44H42N4S6/c1-7-11-13-15-27(9-3)31-19-35(49-33(31)17-29(25-45)47-5)37-21-39-41(51-37)23-43(53-39)44-24-42-40(54-44)22-38(52-42)36-20-32(28(10-4)16-14-12-8-2)34(50-36)18-30(26-46)48-6/h17-24,27-28H,7-16H2,1-4H3/b29-17-,30-18+. The molecule has 0 spiro atoms. The van der Waals surface area contributed by atoms with E-state index in [9.17, 15) is 10.5 Å². The molecule has 54 heavy (non-hydrogen) atoms. The van der Waals surface area contributed by atoms with Gasteiger partial charge in [0.2, 0.25) is 0 Å². The minimum absolute atomic E-state index is 0.142. The zero-order chi connectivity index (χ0) is 38.2. The fraction of sp³-hybridized carbons (Fsp3) is 0.364. The fourth-order valence-electron chi connectivity index (χ4n) is 6.97. The molecule has 0 saturated heterocycles. The number of rotatable bonds is 17. The number of nitriles is 2. The minimum Gasteiger partial charge on any atom is -0.227 e. The number of allylic oxidation sites excluding steroid dienone is 2. The van der Waals surface area contributed by atoms with E-state index in [1.54, 1.807) is 34.8 Å². The molecule has 6 aromatic heterocycles. The van der Waals surface area contributed by atoms with Gasteiger partial charge < -0.3 is 0 Å². The Hall–Kier alpha value is -3.84. The summed E-state index contributed by atoms with van der Waals surface area (Å²) in [6, 6.07) is 18.1.